The molecule has 6 heteroatoms. The molecule has 0 aliphatic heterocycles. The standard InChI is InChI=1S/C15H23ClN2O3/c1-5-18(6-2)14(19)10-17-9-11-7-12(16)15(21-4)13(8-11)20-3/h7-8,17H,5-6,9-10H2,1-4H3. The molecule has 0 aromatic heterocycles. The summed E-state index contributed by atoms with van der Waals surface area (Å²) < 4.78 is 10.4. The summed E-state index contributed by atoms with van der Waals surface area (Å²) in [6.45, 7) is 6.21. The Balaban J connectivity index is 2.64. The van der Waals surface area contributed by atoms with Crippen molar-refractivity contribution >= 4 is 17.5 Å². The van der Waals surface area contributed by atoms with Crippen molar-refractivity contribution in [2.75, 3.05) is 33.9 Å². The average molecular weight is 315 g/mol. The van der Waals surface area contributed by atoms with Crippen molar-refractivity contribution in [1.29, 1.82) is 0 Å². The molecular formula is C15H23ClN2O3. The van der Waals surface area contributed by atoms with E-state index in [1.165, 1.54) is 0 Å². The Labute approximate surface area is 131 Å². The van der Waals surface area contributed by atoms with Crippen molar-refractivity contribution in [2.24, 2.45) is 0 Å². The second-order valence-electron chi connectivity index (χ2n) is 4.48. The number of carbonyl (C=O) groups is 1. The summed E-state index contributed by atoms with van der Waals surface area (Å²) in [5, 5.41) is 3.61. The molecule has 0 saturated carbocycles. The summed E-state index contributed by atoms with van der Waals surface area (Å²) in [5.74, 6) is 1.19. The van der Waals surface area contributed by atoms with Gasteiger partial charge in [0.2, 0.25) is 5.91 Å². The molecule has 118 valence electrons. The molecule has 0 heterocycles. The van der Waals surface area contributed by atoms with E-state index >= 15 is 0 Å². The van der Waals surface area contributed by atoms with Gasteiger partial charge in [-0.2, -0.15) is 0 Å². The van der Waals surface area contributed by atoms with E-state index in [0.29, 0.717) is 29.6 Å². The van der Waals surface area contributed by atoms with Crippen LogP contribution in [0, 0.1) is 0 Å². The number of likely N-dealkylation sites (N-methyl/N-ethyl adjacent to an activating group) is 1. The van der Waals surface area contributed by atoms with Crippen LogP contribution in [-0.4, -0.2) is 44.7 Å². The first-order valence-electron chi connectivity index (χ1n) is 6.96. The van der Waals surface area contributed by atoms with Crippen LogP contribution in [0.15, 0.2) is 12.1 Å². The third-order valence-electron chi connectivity index (χ3n) is 3.21. The van der Waals surface area contributed by atoms with E-state index in [1.807, 2.05) is 19.9 Å². The number of benzene rings is 1. The Morgan fingerprint density at radius 3 is 2.43 bits per heavy atom. The zero-order chi connectivity index (χ0) is 15.8. The van der Waals surface area contributed by atoms with Gasteiger partial charge in [0.15, 0.2) is 11.5 Å². The fourth-order valence-electron chi connectivity index (χ4n) is 2.08. The van der Waals surface area contributed by atoms with E-state index in [-0.39, 0.29) is 5.91 Å². The molecular weight excluding hydrogens is 292 g/mol. The summed E-state index contributed by atoms with van der Waals surface area (Å²) >= 11 is 6.14. The Hall–Kier alpha value is -1.46. The van der Waals surface area contributed by atoms with Crippen LogP contribution in [0.4, 0.5) is 0 Å². The zero-order valence-corrected chi connectivity index (χ0v) is 13.8. The third-order valence-corrected chi connectivity index (χ3v) is 3.50. The lowest BCUT2D eigenvalue weighted by Crippen LogP contribution is -2.37. The number of nitrogens with one attached hydrogen (secondary N) is 1. The maximum atomic E-state index is 11.9. The van der Waals surface area contributed by atoms with Gasteiger partial charge in [-0.3, -0.25) is 4.79 Å². The van der Waals surface area contributed by atoms with E-state index < -0.39 is 0 Å². The van der Waals surface area contributed by atoms with E-state index in [2.05, 4.69) is 5.32 Å². The molecule has 0 radical (unpaired) electrons. The Morgan fingerprint density at radius 1 is 1.24 bits per heavy atom. The monoisotopic (exact) mass is 314 g/mol. The van der Waals surface area contributed by atoms with Crippen molar-refractivity contribution in [3.05, 3.63) is 22.7 Å². The highest BCUT2D eigenvalue weighted by Gasteiger charge is 2.12. The molecule has 0 spiro atoms. The molecule has 0 bridgehead atoms. The molecule has 21 heavy (non-hydrogen) atoms. The minimum Gasteiger partial charge on any atom is -0.493 e. The molecule has 0 fully saturated rings. The van der Waals surface area contributed by atoms with Gasteiger partial charge in [-0.05, 0) is 31.5 Å². The fourth-order valence-corrected chi connectivity index (χ4v) is 2.39. The number of hydrogen-bond acceptors (Lipinski definition) is 4. The van der Waals surface area contributed by atoms with Gasteiger partial charge < -0.3 is 19.7 Å². The molecule has 0 aliphatic carbocycles. The highest BCUT2D eigenvalue weighted by atomic mass is 35.5. The first-order chi connectivity index (χ1) is 10.1. The largest absolute Gasteiger partial charge is 0.493 e. The predicted molar refractivity (Wildman–Crippen MR) is 84.2 cm³/mol. The van der Waals surface area contributed by atoms with E-state index in [4.69, 9.17) is 21.1 Å². The quantitative estimate of drug-likeness (QED) is 0.800. The summed E-state index contributed by atoms with van der Waals surface area (Å²) in [4.78, 5) is 13.7. The van der Waals surface area contributed by atoms with Crippen molar-refractivity contribution in [3.8, 4) is 11.5 Å². The second-order valence-corrected chi connectivity index (χ2v) is 4.89. The predicted octanol–water partition coefficient (Wildman–Crippen LogP) is 2.32. The molecule has 0 atom stereocenters. The fraction of sp³-hybridized carbons (Fsp3) is 0.533. The van der Waals surface area contributed by atoms with Crippen molar-refractivity contribution in [3.63, 3.8) is 0 Å². The first-order valence-corrected chi connectivity index (χ1v) is 7.34. The lowest BCUT2D eigenvalue weighted by molar-refractivity contribution is -0.129. The number of hydrogen-bond donors (Lipinski definition) is 1. The maximum absolute atomic E-state index is 11.9. The SMILES string of the molecule is CCN(CC)C(=O)CNCc1cc(Cl)c(OC)c(OC)c1. The van der Waals surface area contributed by atoms with E-state index in [9.17, 15) is 4.79 Å². The summed E-state index contributed by atoms with van der Waals surface area (Å²) in [7, 11) is 3.11. The third kappa shape index (κ3) is 4.79. The van der Waals surface area contributed by atoms with Gasteiger partial charge in [0.05, 0.1) is 25.8 Å². The minimum atomic E-state index is 0.0894. The molecule has 5 nitrogen and oxygen atoms in total. The van der Waals surface area contributed by atoms with Gasteiger partial charge in [0.25, 0.3) is 0 Å². The van der Waals surface area contributed by atoms with Crippen molar-refractivity contribution in [1.82, 2.24) is 10.2 Å². The normalized spacial score (nSPS) is 10.3. The highest BCUT2D eigenvalue weighted by molar-refractivity contribution is 6.32. The van der Waals surface area contributed by atoms with Crippen LogP contribution in [0.1, 0.15) is 19.4 Å². The first kappa shape index (κ1) is 17.6. The second kappa shape index (κ2) is 8.74. The number of halogens is 1. The number of methoxy groups -OCH3 is 2. The number of amides is 1. The molecule has 1 aromatic carbocycles. The molecule has 0 aliphatic rings. The summed E-state index contributed by atoms with van der Waals surface area (Å²) in [5.41, 5.74) is 0.935. The number of ether oxygens (including phenoxy) is 2. The van der Waals surface area contributed by atoms with Gasteiger partial charge in [-0.1, -0.05) is 11.6 Å². The van der Waals surface area contributed by atoms with Crippen LogP contribution < -0.4 is 14.8 Å². The molecule has 1 aromatic rings. The Morgan fingerprint density at radius 2 is 1.90 bits per heavy atom. The van der Waals surface area contributed by atoms with Crippen LogP contribution in [0.5, 0.6) is 11.5 Å². The van der Waals surface area contributed by atoms with Crippen LogP contribution in [0.3, 0.4) is 0 Å². The van der Waals surface area contributed by atoms with Gasteiger partial charge in [-0.15, -0.1) is 0 Å². The number of nitrogens with zero attached hydrogens (tertiary/aromatic N) is 1. The molecule has 1 rings (SSSR count). The van der Waals surface area contributed by atoms with Crippen molar-refractivity contribution in [2.45, 2.75) is 20.4 Å². The number of carbonyl (C=O) groups excluding carboxylic acids is 1. The number of rotatable bonds is 8. The van der Waals surface area contributed by atoms with Gasteiger partial charge in [0, 0.05) is 19.6 Å². The van der Waals surface area contributed by atoms with Crippen LogP contribution >= 0.6 is 11.6 Å². The highest BCUT2D eigenvalue weighted by Crippen LogP contribution is 2.35. The minimum absolute atomic E-state index is 0.0894. The van der Waals surface area contributed by atoms with Crippen LogP contribution in [-0.2, 0) is 11.3 Å². The lowest BCUT2D eigenvalue weighted by atomic mass is 10.2. The molecule has 1 N–H and O–H groups in total. The Kier molecular flexibility index (Phi) is 7.32. The maximum Gasteiger partial charge on any atom is 0.236 e. The Bertz CT molecular complexity index is 476. The van der Waals surface area contributed by atoms with Gasteiger partial charge >= 0.3 is 0 Å². The topological polar surface area (TPSA) is 50.8 Å². The van der Waals surface area contributed by atoms with E-state index in [1.54, 1.807) is 25.2 Å². The summed E-state index contributed by atoms with van der Waals surface area (Å²) in [6.07, 6.45) is 0. The summed E-state index contributed by atoms with van der Waals surface area (Å²) in [6, 6.07) is 3.65. The average Bonchev–Trinajstić information content (AvgIpc) is 2.47. The molecule has 0 unspecified atom stereocenters. The van der Waals surface area contributed by atoms with Gasteiger partial charge in [-0.25, -0.2) is 0 Å². The lowest BCUT2D eigenvalue weighted by Gasteiger charge is -2.19. The van der Waals surface area contributed by atoms with Crippen LogP contribution in [0.2, 0.25) is 5.02 Å². The van der Waals surface area contributed by atoms with Gasteiger partial charge in [0.1, 0.15) is 0 Å². The van der Waals surface area contributed by atoms with E-state index in [0.717, 1.165) is 18.7 Å². The smallest absolute Gasteiger partial charge is 0.236 e. The van der Waals surface area contributed by atoms with Crippen molar-refractivity contribution < 1.29 is 14.3 Å². The van der Waals surface area contributed by atoms with Crippen LogP contribution in [0.25, 0.3) is 0 Å². The molecule has 1 amide bonds. The zero-order valence-electron chi connectivity index (χ0n) is 13.0. The molecule has 0 saturated heterocycles.